The molecule has 0 aliphatic carbocycles. The number of rotatable bonds is 4. The number of para-hydroxylation sites is 1. The van der Waals surface area contributed by atoms with Crippen LogP contribution in [0.15, 0.2) is 47.4 Å². The Labute approximate surface area is 122 Å². The third-order valence-electron chi connectivity index (χ3n) is 2.70. The van der Waals surface area contributed by atoms with Crippen molar-refractivity contribution in [3.8, 4) is 0 Å². The van der Waals surface area contributed by atoms with Crippen molar-refractivity contribution < 1.29 is 8.42 Å². The molecule has 0 aliphatic heterocycles. The highest BCUT2D eigenvalue weighted by Gasteiger charge is 2.19. The van der Waals surface area contributed by atoms with Gasteiger partial charge < -0.3 is 5.43 Å². The minimum absolute atomic E-state index is 0.0548. The van der Waals surface area contributed by atoms with E-state index in [-0.39, 0.29) is 4.90 Å². The van der Waals surface area contributed by atoms with E-state index in [0.717, 1.165) is 5.56 Å². The van der Waals surface area contributed by atoms with E-state index in [1.54, 1.807) is 36.4 Å². The summed E-state index contributed by atoms with van der Waals surface area (Å²) in [6.07, 6.45) is 0. The van der Waals surface area contributed by atoms with Crippen molar-refractivity contribution in [3.63, 3.8) is 0 Å². The van der Waals surface area contributed by atoms with Gasteiger partial charge in [-0.1, -0.05) is 29.8 Å². The molecule has 20 heavy (non-hydrogen) atoms. The van der Waals surface area contributed by atoms with E-state index < -0.39 is 10.0 Å². The molecule has 0 atom stereocenters. The summed E-state index contributed by atoms with van der Waals surface area (Å²) in [6, 6.07) is 11.4. The van der Waals surface area contributed by atoms with Crippen LogP contribution >= 0.6 is 11.6 Å². The molecule has 0 spiro atoms. The predicted octanol–water partition coefficient (Wildman–Crippen LogP) is 2.73. The molecular formula is C13H14ClN3O2S. The maximum atomic E-state index is 12.4. The van der Waals surface area contributed by atoms with E-state index in [1.165, 1.54) is 6.07 Å². The van der Waals surface area contributed by atoms with E-state index in [0.29, 0.717) is 16.4 Å². The van der Waals surface area contributed by atoms with Crippen LogP contribution in [0, 0.1) is 6.92 Å². The van der Waals surface area contributed by atoms with Crippen molar-refractivity contribution in [1.82, 2.24) is 0 Å². The van der Waals surface area contributed by atoms with Crippen LogP contribution in [0.4, 0.5) is 11.4 Å². The molecule has 0 aliphatic rings. The molecule has 0 unspecified atom stereocenters. The summed E-state index contributed by atoms with van der Waals surface area (Å²) >= 11 is 6.03. The van der Waals surface area contributed by atoms with Gasteiger partial charge in [0.25, 0.3) is 10.0 Å². The van der Waals surface area contributed by atoms with Crippen molar-refractivity contribution in [2.45, 2.75) is 11.8 Å². The molecule has 2 aromatic rings. The summed E-state index contributed by atoms with van der Waals surface area (Å²) in [6.45, 7) is 1.87. The van der Waals surface area contributed by atoms with E-state index in [4.69, 9.17) is 17.4 Å². The predicted molar refractivity (Wildman–Crippen MR) is 81.2 cm³/mol. The quantitative estimate of drug-likeness (QED) is 0.599. The summed E-state index contributed by atoms with van der Waals surface area (Å²) in [4.78, 5) is 0.0548. The molecule has 7 heteroatoms. The van der Waals surface area contributed by atoms with Gasteiger partial charge in [-0.15, -0.1) is 0 Å². The van der Waals surface area contributed by atoms with E-state index in [2.05, 4.69) is 10.1 Å². The lowest BCUT2D eigenvalue weighted by molar-refractivity contribution is 0.601. The lowest BCUT2D eigenvalue weighted by atomic mass is 10.2. The van der Waals surface area contributed by atoms with Crippen molar-refractivity contribution in [1.29, 1.82) is 0 Å². The third kappa shape index (κ3) is 3.04. The maximum absolute atomic E-state index is 12.4. The minimum Gasteiger partial charge on any atom is -0.323 e. The average Bonchev–Trinajstić information content (AvgIpc) is 2.42. The maximum Gasteiger partial charge on any atom is 0.264 e. The molecule has 0 heterocycles. The Bertz CT molecular complexity index is 732. The molecule has 0 amide bonds. The van der Waals surface area contributed by atoms with E-state index >= 15 is 0 Å². The van der Waals surface area contributed by atoms with Crippen molar-refractivity contribution in [3.05, 3.63) is 53.1 Å². The highest BCUT2D eigenvalue weighted by molar-refractivity contribution is 7.92. The summed E-state index contributed by atoms with van der Waals surface area (Å²) in [5.74, 6) is 5.32. The first-order valence-electron chi connectivity index (χ1n) is 5.78. The molecule has 0 saturated heterocycles. The number of halogens is 1. The molecule has 106 valence electrons. The molecule has 0 saturated carbocycles. The fourth-order valence-electron chi connectivity index (χ4n) is 1.72. The molecular weight excluding hydrogens is 298 g/mol. The first-order valence-corrected chi connectivity index (χ1v) is 7.65. The third-order valence-corrected chi connectivity index (χ3v) is 4.44. The van der Waals surface area contributed by atoms with Gasteiger partial charge in [-0.25, -0.2) is 8.42 Å². The van der Waals surface area contributed by atoms with Crippen LogP contribution in [0.5, 0.6) is 0 Å². The van der Waals surface area contributed by atoms with Crippen LogP contribution in [0.3, 0.4) is 0 Å². The molecule has 0 aromatic heterocycles. The van der Waals surface area contributed by atoms with Crippen LogP contribution in [0.1, 0.15) is 5.56 Å². The van der Waals surface area contributed by atoms with Gasteiger partial charge in [0.2, 0.25) is 0 Å². The monoisotopic (exact) mass is 311 g/mol. The lowest BCUT2D eigenvalue weighted by Gasteiger charge is -2.13. The standard InChI is InChI=1S/C13H14ClN3O2S/c1-9-6-7-11(10(14)8-9)17-20(18,19)13-5-3-2-4-12(13)16-15/h2-8,16-17H,15H2,1H3. The average molecular weight is 312 g/mol. The van der Waals surface area contributed by atoms with Gasteiger partial charge in [0.15, 0.2) is 0 Å². The number of nitrogens with two attached hydrogens (primary N) is 1. The van der Waals surface area contributed by atoms with E-state index in [1.807, 2.05) is 6.92 Å². The topological polar surface area (TPSA) is 84.2 Å². The second-order valence-corrected chi connectivity index (χ2v) is 6.29. The zero-order chi connectivity index (χ0) is 14.8. The zero-order valence-corrected chi connectivity index (χ0v) is 12.3. The second kappa shape index (κ2) is 5.70. The lowest BCUT2D eigenvalue weighted by Crippen LogP contribution is -2.17. The summed E-state index contributed by atoms with van der Waals surface area (Å²) in [5.41, 5.74) is 3.94. The Balaban J connectivity index is 2.41. The largest absolute Gasteiger partial charge is 0.323 e. The first kappa shape index (κ1) is 14.6. The molecule has 5 nitrogen and oxygen atoms in total. The molecule has 4 N–H and O–H groups in total. The van der Waals surface area contributed by atoms with Crippen molar-refractivity contribution >= 4 is 33.0 Å². The number of sulfonamides is 1. The number of nitrogens with one attached hydrogen (secondary N) is 2. The van der Waals surface area contributed by atoms with Crippen LogP contribution < -0.4 is 16.0 Å². The van der Waals surface area contributed by atoms with Gasteiger partial charge in [-0.05, 0) is 36.8 Å². The Morgan fingerprint density at radius 2 is 1.80 bits per heavy atom. The number of benzene rings is 2. The fourth-order valence-corrected chi connectivity index (χ4v) is 3.31. The van der Waals surface area contributed by atoms with Crippen LogP contribution in [-0.4, -0.2) is 8.42 Å². The highest BCUT2D eigenvalue weighted by atomic mass is 35.5. The normalized spacial score (nSPS) is 11.2. The number of hydrogen-bond acceptors (Lipinski definition) is 4. The van der Waals surface area contributed by atoms with Crippen molar-refractivity contribution in [2.75, 3.05) is 10.1 Å². The minimum atomic E-state index is -3.77. The summed E-state index contributed by atoms with van der Waals surface area (Å²) in [7, 11) is -3.77. The molecule has 0 fully saturated rings. The van der Waals surface area contributed by atoms with E-state index in [9.17, 15) is 8.42 Å². The van der Waals surface area contributed by atoms with Gasteiger partial charge in [-0.3, -0.25) is 10.6 Å². The SMILES string of the molecule is Cc1ccc(NS(=O)(=O)c2ccccc2NN)c(Cl)c1. The van der Waals surface area contributed by atoms with Crippen molar-refractivity contribution in [2.24, 2.45) is 5.84 Å². The Kier molecular flexibility index (Phi) is 4.17. The second-order valence-electron chi connectivity index (χ2n) is 4.23. The number of aryl methyl sites for hydroxylation is 1. The number of hydrazine groups is 1. The van der Waals surface area contributed by atoms with Gasteiger partial charge in [0.1, 0.15) is 4.90 Å². The molecule has 2 rings (SSSR count). The summed E-state index contributed by atoms with van der Waals surface area (Å²) < 4.78 is 27.2. The number of anilines is 2. The summed E-state index contributed by atoms with van der Waals surface area (Å²) in [5, 5.41) is 0.340. The first-order chi connectivity index (χ1) is 9.44. The Morgan fingerprint density at radius 3 is 2.45 bits per heavy atom. The zero-order valence-electron chi connectivity index (χ0n) is 10.7. The molecule has 2 aromatic carbocycles. The van der Waals surface area contributed by atoms with Gasteiger partial charge in [0, 0.05) is 0 Å². The Morgan fingerprint density at radius 1 is 1.10 bits per heavy atom. The highest BCUT2D eigenvalue weighted by Crippen LogP contribution is 2.27. The van der Waals surface area contributed by atoms with Gasteiger partial charge in [-0.2, -0.15) is 0 Å². The van der Waals surface area contributed by atoms with Crippen LogP contribution in [-0.2, 0) is 10.0 Å². The molecule has 0 radical (unpaired) electrons. The Hall–Kier alpha value is -1.76. The number of nitrogen functional groups attached to an aromatic ring is 1. The smallest absolute Gasteiger partial charge is 0.264 e. The van der Waals surface area contributed by atoms with Gasteiger partial charge in [0.05, 0.1) is 16.4 Å². The molecule has 0 bridgehead atoms. The number of hydrogen-bond donors (Lipinski definition) is 3. The van der Waals surface area contributed by atoms with Gasteiger partial charge >= 0.3 is 0 Å². The fraction of sp³-hybridized carbons (Fsp3) is 0.0769. The van der Waals surface area contributed by atoms with Crippen LogP contribution in [0.25, 0.3) is 0 Å². The van der Waals surface area contributed by atoms with Crippen LogP contribution in [0.2, 0.25) is 5.02 Å².